The van der Waals surface area contributed by atoms with Crippen molar-refractivity contribution in [2.75, 3.05) is 6.61 Å². The minimum Gasteiger partial charge on any atom is -0.461 e. The van der Waals surface area contributed by atoms with Crippen LogP contribution < -0.4 is 0 Å². The van der Waals surface area contributed by atoms with Crippen molar-refractivity contribution in [1.82, 2.24) is 4.98 Å². The first-order chi connectivity index (χ1) is 11.2. The molecular weight excluding hydrogens is 306 g/mol. The van der Waals surface area contributed by atoms with Gasteiger partial charge in [-0.25, -0.2) is 9.78 Å². The number of thiazole rings is 1. The van der Waals surface area contributed by atoms with Gasteiger partial charge in [-0.15, -0.1) is 11.3 Å². The summed E-state index contributed by atoms with van der Waals surface area (Å²) in [6, 6.07) is 18.4. The second-order valence-electron chi connectivity index (χ2n) is 5.07. The van der Waals surface area contributed by atoms with Crippen molar-refractivity contribution in [3.05, 3.63) is 65.3 Å². The highest BCUT2D eigenvalue weighted by atomic mass is 32.1. The van der Waals surface area contributed by atoms with Gasteiger partial charge in [0.15, 0.2) is 5.69 Å². The van der Waals surface area contributed by atoms with Crippen LogP contribution in [0.5, 0.6) is 0 Å². The number of aromatic nitrogens is 1. The van der Waals surface area contributed by atoms with Crippen LogP contribution in [-0.4, -0.2) is 17.6 Å². The van der Waals surface area contributed by atoms with E-state index in [4.69, 9.17) is 4.74 Å². The molecule has 3 nitrogen and oxygen atoms in total. The number of ether oxygens (including phenoxy) is 1. The monoisotopic (exact) mass is 323 g/mol. The molecule has 0 fully saturated rings. The Morgan fingerprint density at radius 3 is 2.26 bits per heavy atom. The van der Waals surface area contributed by atoms with Crippen LogP contribution in [0.15, 0.2) is 54.6 Å². The number of esters is 1. The van der Waals surface area contributed by atoms with E-state index in [9.17, 15) is 4.79 Å². The molecule has 0 bridgehead atoms. The predicted octanol–water partition coefficient (Wildman–Crippen LogP) is 4.96. The Bertz CT molecular complexity index is 807. The van der Waals surface area contributed by atoms with Gasteiger partial charge in [-0.3, -0.25) is 0 Å². The Kier molecular flexibility index (Phi) is 4.53. The quantitative estimate of drug-likeness (QED) is 0.637. The average molecular weight is 323 g/mol. The van der Waals surface area contributed by atoms with Gasteiger partial charge in [-0.05, 0) is 30.5 Å². The van der Waals surface area contributed by atoms with E-state index < -0.39 is 0 Å². The standard InChI is InChI=1S/C19H17NO2S/c1-3-22-19(21)17-18(23-13(2)20-17)16-11-9-15(10-12-16)14-7-5-4-6-8-14/h4-12H,3H2,1-2H3. The van der Waals surface area contributed by atoms with Gasteiger partial charge in [-0.1, -0.05) is 54.6 Å². The average Bonchev–Trinajstić information content (AvgIpc) is 2.98. The van der Waals surface area contributed by atoms with E-state index >= 15 is 0 Å². The SMILES string of the molecule is CCOC(=O)c1nc(C)sc1-c1ccc(-c2ccccc2)cc1. The van der Waals surface area contributed by atoms with E-state index in [0.717, 1.165) is 21.0 Å². The van der Waals surface area contributed by atoms with E-state index in [-0.39, 0.29) is 5.97 Å². The Balaban J connectivity index is 1.95. The van der Waals surface area contributed by atoms with E-state index in [0.29, 0.717) is 12.3 Å². The summed E-state index contributed by atoms with van der Waals surface area (Å²) in [6.07, 6.45) is 0. The summed E-state index contributed by atoms with van der Waals surface area (Å²) in [5.74, 6) is -0.362. The van der Waals surface area contributed by atoms with Crippen molar-refractivity contribution in [2.24, 2.45) is 0 Å². The topological polar surface area (TPSA) is 39.2 Å². The lowest BCUT2D eigenvalue weighted by atomic mass is 10.0. The number of hydrogen-bond acceptors (Lipinski definition) is 4. The molecule has 3 aromatic rings. The van der Waals surface area contributed by atoms with Crippen LogP contribution in [0.1, 0.15) is 22.4 Å². The molecule has 0 atom stereocenters. The molecule has 3 rings (SSSR count). The fourth-order valence-corrected chi connectivity index (χ4v) is 3.32. The maximum atomic E-state index is 12.1. The molecule has 0 aliphatic carbocycles. The molecule has 0 radical (unpaired) electrons. The molecule has 0 saturated carbocycles. The molecule has 2 aromatic carbocycles. The van der Waals surface area contributed by atoms with Gasteiger partial charge >= 0.3 is 5.97 Å². The first-order valence-corrected chi connectivity index (χ1v) is 8.31. The highest BCUT2D eigenvalue weighted by molar-refractivity contribution is 7.15. The molecule has 23 heavy (non-hydrogen) atoms. The highest BCUT2D eigenvalue weighted by Crippen LogP contribution is 2.32. The van der Waals surface area contributed by atoms with Crippen LogP contribution in [0.4, 0.5) is 0 Å². The number of rotatable bonds is 4. The first kappa shape index (κ1) is 15.4. The zero-order chi connectivity index (χ0) is 16.2. The zero-order valence-corrected chi connectivity index (χ0v) is 13.9. The highest BCUT2D eigenvalue weighted by Gasteiger charge is 2.19. The number of carbonyl (C=O) groups excluding carboxylic acids is 1. The summed E-state index contributed by atoms with van der Waals surface area (Å²) in [6.45, 7) is 4.04. The van der Waals surface area contributed by atoms with Gasteiger partial charge in [0.25, 0.3) is 0 Å². The molecule has 0 saturated heterocycles. The van der Waals surface area contributed by atoms with E-state index in [1.54, 1.807) is 6.92 Å². The van der Waals surface area contributed by atoms with E-state index in [2.05, 4.69) is 29.2 Å². The third kappa shape index (κ3) is 3.32. The number of carbonyl (C=O) groups is 1. The van der Waals surface area contributed by atoms with Gasteiger partial charge in [0.2, 0.25) is 0 Å². The molecule has 1 aromatic heterocycles. The van der Waals surface area contributed by atoms with Gasteiger partial charge in [0.05, 0.1) is 16.5 Å². The minimum atomic E-state index is -0.362. The van der Waals surface area contributed by atoms with Crippen molar-refractivity contribution >= 4 is 17.3 Å². The first-order valence-electron chi connectivity index (χ1n) is 7.49. The van der Waals surface area contributed by atoms with Gasteiger partial charge in [0.1, 0.15) is 0 Å². The summed E-state index contributed by atoms with van der Waals surface area (Å²) in [7, 11) is 0. The Morgan fingerprint density at radius 1 is 1.00 bits per heavy atom. The molecule has 0 aliphatic heterocycles. The number of benzene rings is 2. The summed E-state index contributed by atoms with van der Waals surface area (Å²) in [5.41, 5.74) is 3.71. The van der Waals surface area contributed by atoms with Gasteiger partial charge in [-0.2, -0.15) is 0 Å². The number of aryl methyl sites for hydroxylation is 1. The van der Waals surface area contributed by atoms with Crippen LogP contribution >= 0.6 is 11.3 Å². The summed E-state index contributed by atoms with van der Waals surface area (Å²) >= 11 is 1.51. The van der Waals surface area contributed by atoms with Crippen molar-refractivity contribution in [3.8, 4) is 21.6 Å². The lowest BCUT2D eigenvalue weighted by Gasteiger charge is -2.05. The Morgan fingerprint density at radius 2 is 1.61 bits per heavy atom. The molecular formula is C19H17NO2S. The molecule has 1 heterocycles. The third-order valence-electron chi connectivity index (χ3n) is 3.46. The minimum absolute atomic E-state index is 0.349. The second-order valence-corrected chi connectivity index (χ2v) is 6.28. The third-order valence-corrected chi connectivity index (χ3v) is 4.48. The van der Waals surface area contributed by atoms with Gasteiger partial charge < -0.3 is 4.74 Å². The zero-order valence-electron chi connectivity index (χ0n) is 13.1. The second kappa shape index (κ2) is 6.75. The van der Waals surface area contributed by atoms with Crippen molar-refractivity contribution in [3.63, 3.8) is 0 Å². The van der Waals surface area contributed by atoms with E-state index in [1.807, 2.05) is 37.3 Å². The van der Waals surface area contributed by atoms with Crippen LogP contribution in [0.3, 0.4) is 0 Å². The molecule has 0 unspecified atom stereocenters. The molecule has 0 spiro atoms. The molecule has 0 amide bonds. The van der Waals surface area contributed by atoms with Crippen LogP contribution in [0.2, 0.25) is 0 Å². The van der Waals surface area contributed by atoms with Crippen LogP contribution in [-0.2, 0) is 4.74 Å². The Labute approximate surface area is 139 Å². The van der Waals surface area contributed by atoms with Gasteiger partial charge in [0, 0.05) is 0 Å². The van der Waals surface area contributed by atoms with E-state index in [1.165, 1.54) is 16.9 Å². The fraction of sp³-hybridized carbons (Fsp3) is 0.158. The normalized spacial score (nSPS) is 10.5. The molecule has 4 heteroatoms. The fourth-order valence-electron chi connectivity index (χ4n) is 2.41. The maximum Gasteiger partial charge on any atom is 0.358 e. The Hall–Kier alpha value is -2.46. The number of nitrogens with zero attached hydrogens (tertiary/aromatic N) is 1. The lowest BCUT2D eigenvalue weighted by molar-refractivity contribution is 0.0521. The van der Waals surface area contributed by atoms with Crippen molar-refractivity contribution < 1.29 is 9.53 Å². The summed E-state index contributed by atoms with van der Waals surface area (Å²) in [5, 5.41) is 0.857. The summed E-state index contributed by atoms with van der Waals surface area (Å²) in [4.78, 5) is 17.3. The molecule has 0 N–H and O–H groups in total. The van der Waals surface area contributed by atoms with Crippen molar-refractivity contribution in [1.29, 1.82) is 0 Å². The maximum absolute atomic E-state index is 12.1. The van der Waals surface area contributed by atoms with Crippen molar-refractivity contribution in [2.45, 2.75) is 13.8 Å². The predicted molar refractivity (Wildman–Crippen MR) is 93.7 cm³/mol. The largest absolute Gasteiger partial charge is 0.461 e. The van der Waals surface area contributed by atoms with Crippen LogP contribution in [0.25, 0.3) is 21.6 Å². The van der Waals surface area contributed by atoms with Crippen LogP contribution in [0, 0.1) is 6.92 Å². The smallest absolute Gasteiger partial charge is 0.358 e. The number of hydrogen-bond donors (Lipinski definition) is 0. The summed E-state index contributed by atoms with van der Waals surface area (Å²) < 4.78 is 5.10. The molecule has 116 valence electrons. The lowest BCUT2D eigenvalue weighted by Crippen LogP contribution is -2.06. The molecule has 0 aliphatic rings.